The fourth-order valence-electron chi connectivity index (χ4n) is 1.44. The molecule has 0 N–H and O–H groups in total. The van der Waals surface area contributed by atoms with Crippen LogP contribution < -0.4 is 0 Å². The van der Waals surface area contributed by atoms with E-state index in [1.165, 1.54) is 23.1 Å². The predicted octanol–water partition coefficient (Wildman–Crippen LogP) is 3.98. The smallest absolute Gasteiger partial charge is 0.184 e. The highest BCUT2D eigenvalue weighted by Gasteiger charge is 2.10. The molecule has 1 atom stereocenters. The Balaban J connectivity index is 2.40. The molecule has 0 spiro atoms. The van der Waals surface area contributed by atoms with Crippen LogP contribution in [0.4, 0.5) is 0 Å². The minimum absolute atomic E-state index is 0.115. The molecule has 0 saturated heterocycles. The van der Waals surface area contributed by atoms with Crippen molar-refractivity contribution in [2.45, 2.75) is 23.4 Å². The van der Waals surface area contributed by atoms with Crippen LogP contribution in [-0.2, 0) is 0 Å². The van der Waals surface area contributed by atoms with Gasteiger partial charge in [0.2, 0.25) is 0 Å². The van der Waals surface area contributed by atoms with Gasteiger partial charge in [0.1, 0.15) is 0 Å². The van der Waals surface area contributed by atoms with Crippen LogP contribution in [0.1, 0.15) is 12.5 Å². The Morgan fingerprint density at radius 3 is 2.89 bits per heavy atom. The molecule has 3 nitrogen and oxygen atoms in total. The molecule has 0 radical (unpaired) electrons. The van der Waals surface area contributed by atoms with Gasteiger partial charge in [0.25, 0.3) is 0 Å². The van der Waals surface area contributed by atoms with Crippen LogP contribution in [0.15, 0.2) is 28.6 Å². The van der Waals surface area contributed by atoms with Crippen LogP contribution in [0.3, 0.4) is 0 Å². The zero-order chi connectivity index (χ0) is 13.1. The van der Waals surface area contributed by atoms with Crippen LogP contribution in [0, 0.1) is 22.2 Å². The highest BCUT2D eigenvalue weighted by molar-refractivity contribution is 8.01. The fraction of sp³-hybridized carbons (Fsp3) is 0.250. The maximum absolute atomic E-state index is 8.81. The van der Waals surface area contributed by atoms with Crippen LogP contribution in [0.25, 0.3) is 5.69 Å². The molecule has 0 amide bonds. The normalized spacial score (nSPS) is 12.1. The van der Waals surface area contributed by atoms with Gasteiger partial charge in [-0.1, -0.05) is 41.3 Å². The first kappa shape index (κ1) is 13.3. The summed E-state index contributed by atoms with van der Waals surface area (Å²) in [6.45, 7) is 3.88. The van der Waals surface area contributed by atoms with E-state index in [0.29, 0.717) is 3.95 Å². The van der Waals surface area contributed by atoms with Crippen molar-refractivity contribution in [3.05, 3.63) is 33.8 Å². The number of benzene rings is 1. The van der Waals surface area contributed by atoms with Crippen LogP contribution in [-0.4, -0.2) is 15.0 Å². The van der Waals surface area contributed by atoms with Crippen molar-refractivity contribution in [3.63, 3.8) is 0 Å². The Labute approximate surface area is 119 Å². The highest BCUT2D eigenvalue weighted by Crippen LogP contribution is 2.27. The predicted molar refractivity (Wildman–Crippen MR) is 77.9 cm³/mol. The molecular weight excluding hydrogens is 282 g/mol. The van der Waals surface area contributed by atoms with Crippen LogP contribution in [0.5, 0.6) is 0 Å². The van der Waals surface area contributed by atoms with Gasteiger partial charge in [-0.15, -0.1) is 5.10 Å². The van der Waals surface area contributed by atoms with Crippen molar-refractivity contribution >= 4 is 35.3 Å². The molecule has 18 heavy (non-hydrogen) atoms. The number of aryl methyl sites for hydroxylation is 1. The molecule has 0 aliphatic carbocycles. The van der Waals surface area contributed by atoms with Gasteiger partial charge in [-0.3, -0.25) is 0 Å². The molecule has 1 aromatic carbocycles. The van der Waals surface area contributed by atoms with E-state index in [1.807, 2.05) is 38.1 Å². The quantitative estimate of drug-likeness (QED) is 0.634. The second-order valence-corrected chi connectivity index (χ2v) is 6.93. The Kier molecular flexibility index (Phi) is 4.17. The van der Waals surface area contributed by atoms with E-state index < -0.39 is 0 Å². The largest absolute Gasteiger partial charge is 0.211 e. The molecule has 2 aromatic rings. The molecule has 0 aliphatic heterocycles. The van der Waals surface area contributed by atoms with E-state index in [1.54, 1.807) is 4.68 Å². The second-order valence-electron chi connectivity index (χ2n) is 3.72. The fourth-order valence-corrected chi connectivity index (χ4v) is 3.82. The maximum Gasteiger partial charge on any atom is 0.184 e. The average Bonchev–Trinajstić information content (AvgIpc) is 2.70. The summed E-state index contributed by atoms with van der Waals surface area (Å²) >= 11 is 8.20. The van der Waals surface area contributed by atoms with Crippen molar-refractivity contribution < 1.29 is 0 Å². The average molecular weight is 293 g/mol. The zero-order valence-electron chi connectivity index (χ0n) is 9.95. The van der Waals surface area contributed by atoms with Gasteiger partial charge in [-0.2, -0.15) is 5.26 Å². The lowest BCUT2D eigenvalue weighted by molar-refractivity contribution is 0.823. The molecule has 0 aliphatic rings. The van der Waals surface area contributed by atoms with Crippen LogP contribution >= 0.6 is 35.3 Å². The first-order chi connectivity index (χ1) is 8.61. The van der Waals surface area contributed by atoms with E-state index in [9.17, 15) is 0 Å². The lowest BCUT2D eigenvalue weighted by Crippen LogP contribution is -1.99. The van der Waals surface area contributed by atoms with E-state index >= 15 is 0 Å². The topological polar surface area (TPSA) is 41.6 Å². The number of thioether (sulfide) groups is 1. The lowest BCUT2D eigenvalue weighted by atomic mass is 10.2. The van der Waals surface area contributed by atoms with Gasteiger partial charge in [0.15, 0.2) is 8.29 Å². The Morgan fingerprint density at radius 1 is 1.50 bits per heavy atom. The maximum atomic E-state index is 8.81. The SMILES string of the molecule is Cc1ccccc1-n1nc(S[C@@H](C)C#N)sc1=S. The molecule has 0 bridgehead atoms. The summed E-state index contributed by atoms with van der Waals surface area (Å²) in [5, 5.41) is 13.2. The minimum Gasteiger partial charge on any atom is -0.211 e. The number of hydrogen-bond donors (Lipinski definition) is 0. The number of nitriles is 1. The number of rotatable bonds is 3. The summed E-state index contributed by atoms with van der Waals surface area (Å²) in [6, 6.07) is 10.2. The third-order valence-electron chi connectivity index (χ3n) is 2.33. The van der Waals surface area contributed by atoms with Gasteiger partial charge >= 0.3 is 0 Å². The monoisotopic (exact) mass is 293 g/mol. The molecule has 2 rings (SSSR count). The summed E-state index contributed by atoms with van der Waals surface area (Å²) in [7, 11) is 0. The second kappa shape index (κ2) is 5.65. The van der Waals surface area contributed by atoms with Crippen molar-refractivity contribution in [1.29, 1.82) is 5.26 Å². The van der Waals surface area contributed by atoms with Crippen molar-refractivity contribution in [3.8, 4) is 11.8 Å². The first-order valence-corrected chi connectivity index (χ1v) is 7.44. The van der Waals surface area contributed by atoms with E-state index in [2.05, 4.69) is 11.2 Å². The van der Waals surface area contributed by atoms with Crippen molar-refractivity contribution in [1.82, 2.24) is 9.78 Å². The standard InChI is InChI=1S/C12H11N3S3/c1-8-5-3-4-6-10(8)15-12(16)18-11(14-15)17-9(2)7-13/h3-6,9H,1-2H3/t9-/m0/s1. The van der Waals surface area contributed by atoms with Gasteiger partial charge < -0.3 is 0 Å². The van der Waals surface area contributed by atoms with Crippen molar-refractivity contribution in [2.75, 3.05) is 0 Å². The summed E-state index contributed by atoms with van der Waals surface area (Å²) in [6.07, 6.45) is 0. The number of aromatic nitrogens is 2. The molecule has 1 aromatic heterocycles. The third kappa shape index (κ3) is 2.80. The Bertz CT molecular complexity index is 651. The molecular formula is C12H11N3S3. The van der Waals surface area contributed by atoms with Gasteiger partial charge in [-0.25, -0.2) is 4.68 Å². The lowest BCUT2D eigenvalue weighted by Gasteiger charge is -2.04. The highest BCUT2D eigenvalue weighted by atomic mass is 32.2. The number of nitrogens with zero attached hydrogens (tertiary/aromatic N) is 3. The van der Waals surface area contributed by atoms with Gasteiger partial charge in [0.05, 0.1) is 17.0 Å². The van der Waals surface area contributed by atoms with Gasteiger partial charge in [-0.05, 0) is 37.7 Å². The molecule has 0 unspecified atom stereocenters. The van der Waals surface area contributed by atoms with Crippen LogP contribution in [0.2, 0.25) is 0 Å². The Morgan fingerprint density at radius 2 is 2.22 bits per heavy atom. The number of para-hydroxylation sites is 1. The summed E-state index contributed by atoms with van der Waals surface area (Å²) in [5.74, 6) is 0. The minimum atomic E-state index is -0.115. The molecule has 6 heteroatoms. The summed E-state index contributed by atoms with van der Waals surface area (Å²) in [4.78, 5) is 0. The first-order valence-electron chi connectivity index (χ1n) is 5.34. The number of hydrogen-bond acceptors (Lipinski definition) is 5. The molecule has 0 fully saturated rings. The van der Waals surface area contributed by atoms with E-state index in [-0.39, 0.29) is 5.25 Å². The van der Waals surface area contributed by atoms with E-state index in [4.69, 9.17) is 17.5 Å². The zero-order valence-corrected chi connectivity index (χ0v) is 12.4. The third-order valence-corrected chi connectivity index (χ3v) is 4.64. The molecule has 1 heterocycles. The van der Waals surface area contributed by atoms with Crippen molar-refractivity contribution in [2.24, 2.45) is 0 Å². The Hall–Kier alpha value is -1.16. The molecule has 92 valence electrons. The molecule has 0 saturated carbocycles. The summed E-state index contributed by atoms with van der Waals surface area (Å²) in [5.41, 5.74) is 2.12. The van der Waals surface area contributed by atoms with Gasteiger partial charge in [0, 0.05) is 0 Å². The summed E-state index contributed by atoms with van der Waals surface area (Å²) < 4.78 is 3.30. The van der Waals surface area contributed by atoms with E-state index in [0.717, 1.165) is 15.6 Å².